The number of amides is 1. The molecule has 2 aromatic heterocycles. The Bertz CT molecular complexity index is 884. The molecule has 1 aliphatic heterocycles. The second-order valence-corrected chi connectivity index (χ2v) is 9.03. The molecule has 8 nitrogen and oxygen atoms in total. The number of hydrogen-bond donors (Lipinski definition) is 2. The van der Waals surface area contributed by atoms with E-state index < -0.39 is 5.54 Å². The van der Waals surface area contributed by atoms with E-state index in [1.807, 2.05) is 6.20 Å². The van der Waals surface area contributed by atoms with Crippen molar-refractivity contribution in [3.8, 4) is 0 Å². The van der Waals surface area contributed by atoms with E-state index in [-0.39, 0.29) is 24.2 Å². The lowest BCUT2D eigenvalue weighted by atomic mass is 9.74. The number of aliphatic hydroxyl groups excluding tert-OH is 1. The van der Waals surface area contributed by atoms with Gasteiger partial charge in [0.1, 0.15) is 6.33 Å². The van der Waals surface area contributed by atoms with Crippen molar-refractivity contribution in [1.82, 2.24) is 24.8 Å². The zero-order valence-electron chi connectivity index (χ0n) is 16.7. The van der Waals surface area contributed by atoms with Crippen LogP contribution in [0.25, 0.3) is 5.65 Å². The highest BCUT2D eigenvalue weighted by Crippen LogP contribution is 2.42. The number of carbonyl (C=O) groups excluding carboxylic acids is 1. The lowest BCUT2D eigenvalue weighted by molar-refractivity contribution is -0.155. The molecule has 1 unspecified atom stereocenters. The van der Waals surface area contributed by atoms with E-state index in [0.717, 1.165) is 50.8 Å². The van der Waals surface area contributed by atoms with Gasteiger partial charge in [-0.2, -0.15) is 5.10 Å². The van der Waals surface area contributed by atoms with Crippen molar-refractivity contribution in [2.24, 2.45) is 0 Å². The molecular weight excluding hydrogens is 370 g/mol. The molecule has 1 spiro atoms. The summed E-state index contributed by atoms with van der Waals surface area (Å²) in [5, 5.41) is 16.8. The molecule has 0 aromatic carbocycles. The molecule has 2 saturated carbocycles. The molecular formula is C21H29N5O3. The first-order valence-electron chi connectivity index (χ1n) is 10.7. The molecule has 2 aromatic rings. The smallest absolute Gasteiger partial charge is 0.223 e. The summed E-state index contributed by atoms with van der Waals surface area (Å²) in [5.74, 6) is -0.0156. The van der Waals surface area contributed by atoms with Crippen LogP contribution < -0.4 is 5.32 Å². The van der Waals surface area contributed by atoms with Gasteiger partial charge in [-0.1, -0.05) is 0 Å². The van der Waals surface area contributed by atoms with Crippen LogP contribution in [0.3, 0.4) is 0 Å². The average Bonchev–Trinajstić information content (AvgIpc) is 3.11. The zero-order chi connectivity index (χ0) is 19.9. The van der Waals surface area contributed by atoms with E-state index in [0.29, 0.717) is 13.0 Å². The third kappa shape index (κ3) is 3.53. The van der Waals surface area contributed by atoms with Crippen LogP contribution in [0.4, 0.5) is 0 Å². The Balaban J connectivity index is 1.25. The number of rotatable bonds is 6. The molecule has 0 radical (unpaired) electrons. The molecule has 8 heteroatoms. The number of aliphatic hydroxyl groups is 1. The molecule has 2 aliphatic carbocycles. The summed E-state index contributed by atoms with van der Waals surface area (Å²) >= 11 is 0. The topological polar surface area (TPSA) is 92.0 Å². The summed E-state index contributed by atoms with van der Waals surface area (Å²) < 4.78 is 7.91. The minimum Gasteiger partial charge on any atom is -0.394 e. The summed E-state index contributed by atoms with van der Waals surface area (Å²) in [5.41, 5.74) is 1.76. The Kier molecular flexibility index (Phi) is 4.80. The second-order valence-electron chi connectivity index (χ2n) is 9.03. The van der Waals surface area contributed by atoms with Crippen LogP contribution in [0.5, 0.6) is 0 Å². The number of carbonyl (C=O) groups is 1. The SMILES string of the molecule is O=C(CC1CN(Cc2ccn3ncnc3c2)C2(CCC2)CO1)NC1(CO)CCC1. The molecule has 1 amide bonds. The Labute approximate surface area is 170 Å². The van der Waals surface area contributed by atoms with Crippen LogP contribution in [0, 0.1) is 0 Å². The fourth-order valence-electron chi connectivity index (χ4n) is 4.91. The molecule has 3 aliphatic rings. The number of fused-ring (bicyclic) bond motifs is 1. The highest BCUT2D eigenvalue weighted by molar-refractivity contribution is 5.77. The zero-order valence-corrected chi connectivity index (χ0v) is 16.7. The average molecular weight is 399 g/mol. The maximum absolute atomic E-state index is 12.6. The fraction of sp³-hybridized carbons (Fsp3) is 0.667. The van der Waals surface area contributed by atoms with Crippen molar-refractivity contribution in [2.45, 2.75) is 68.7 Å². The van der Waals surface area contributed by atoms with Crippen molar-refractivity contribution >= 4 is 11.6 Å². The van der Waals surface area contributed by atoms with Gasteiger partial charge in [0.2, 0.25) is 5.91 Å². The van der Waals surface area contributed by atoms with Crippen LogP contribution >= 0.6 is 0 Å². The Morgan fingerprint density at radius 3 is 2.83 bits per heavy atom. The van der Waals surface area contributed by atoms with Gasteiger partial charge in [0.05, 0.1) is 31.3 Å². The standard InChI is InChI=1S/C21H29N5O3/c27-13-20(4-1-5-20)24-19(28)10-17-12-25(21(14-29-17)6-2-7-21)11-16-3-8-26-18(9-16)22-15-23-26/h3,8-9,15,17,27H,1-2,4-7,10-14H2,(H,24,28). The van der Waals surface area contributed by atoms with Gasteiger partial charge < -0.3 is 15.2 Å². The summed E-state index contributed by atoms with van der Waals surface area (Å²) in [7, 11) is 0. The summed E-state index contributed by atoms with van der Waals surface area (Å²) in [4.78, 5) is 19.4. The number of nitrogens with zero attached hydrogens (tertiary/aromatic N) is 4. The van der Waals surface area contributed by atoms with Crippen LogP contribution in [0.2, 0.25) is 0 Å². The lowest BCUT2D eigenvalue weighted by Crippen LogP contribution is -2.63. The predicted molar refractivity (Wildman–Crippen MR) is 106 cm³/mol. The summed E-state index contributed by atoms with van der Waals surface area (Å²) in [6.07, 6.45) is 10.1. The summed E-state index contributed by atoms with van der Waals surface area (Å²) in [6.45, 7) is 2.27. The maximum Gasteiger partial charge on any atom is 0.223 e. The third-order valence-corrected chi connectivity index (χ3v) is 7.12. The van der Waals surface area contributed by atoms with Crippen molar-refractivity contribution < 1.29 is 14.6 Å². The van der Waals surface area contributed by atoms with Gasteiger partial charge in [-0.25, -0.2) is 9.50 Å². The lowest BCUT2D eigenvalue weighted by Gasteiger charge is -2.54. The van der Waals surface area contributed by atoms with Gasteiger partial charge >= 0.3 is 0 Å². The van der Waals surface area contributed by atoms with E-state index in [9.17, 15) is 9.90 Å². The van der Waals surface area contributed by atoms with Gasteiger partial charge in [0.15, 0.2) is 5.65 Å². The van der Waals surface area contributed by atoms with Gasteiger partial charge in [-0.3, -0.25) is 9.69 Å². The largest absolute Gasteiger partial charge is 0.394 e. The highest BCUT2D eigenvalue weighted by Gasteiger charge is 2.47. The van der Waals surface area contributed by atoms with Crippen molar-refractivity contribution in [1.29, 1.82) is 0 Å². The van der Waals surface area contributed by atoms with E-state index >= 15 is 0 Å². The second kappa shape index (κ2) is 7.34. The molecule has 3 heterocycles. The molecule has 156 valence electrons. The Hall–Kier alpha value is -2.03. The van der Waals surface area contributed by atoms with E-state index in [1.54, 1.807) is 10.8 Å². The molecule has 1 saturated heterocycles. The third-order valence-electron chi connectivity index (χ3n) is 7.12. The number of morpholine rings is 1. The Morgan fingerprint density at radius 1 is 1.31 bits per heavy atom. The molecule has 3 fully saturated rings. The van der Waals surface area contributed by atoms with Crippen LogP contribution in [0.15, 0.2) is 24.7 Å². The van der Waals surface area contributed by atoms with Gasteiger partial charge in [-0.05, 0) is 56.2 Å². The number of pyridine rings is 1. The highest BCUT2D eigenvalue weighted by atomic mass is 16.5. The minimum absolute atomic E-state index is 0.0156. The van der Waals surface area contributed by atoms with Crippen molar-refractivity contribution in [3.63, 3.8) is 0 Å². The van der Waals surface area contributed by atoms with Crippen LogP contribution in [0.1, 0.15) is 50.5 Å². The van der Waals surface area contributed by atoms with Crippen molar-refractivity contribution in [2.75, 3.05) is 19.8 Å². The first-order valence-corrected chi connectivity index (χ1v) is 10.7. The number of nitrogens with one attached hydrogen (secondary N) is 1. The predicted octanol–water partition coefficient (Wildman–Crippen LogP) is 1.27. The van der Waals surface area contributed by atoms with E-state index in [1.165, 1.54) is 12.0 Å². The molecule has 2 N–H and O–H groups in total. The number of hydrogen-bond acceptors (Lipinski definition) is 6. The molecule has 0 bridgehead atoms. The molecule has 29 heavy (non-hydrogen) atoms. The normalized spacial score (nSPS) is 25.5. The first-order chi connectivity index (χ1) is 14.1. The van der Waals surface area contributed by atoms with Gasteiger partial charge in [0.25, 0.3) is 0 Å². The number of aromatic nitrogens is 3. The van der Waals surface area contributed by atoms with Crippen molar-refractivity contribution in [3.05, 3.63) is 30.2 Å². The quantitative estimate of drug-likeness (QED) is 0.760. The summed E-state index contributed by atoms with van der Waals surface area (Å²) in [6, 6.07) is 4.17. The van der Waals surface area contributed by atoms with Crippen LogP contribution in [-0.2, 0) is 16.1 Å². The maximum atomic E-state index is 12.6. The van der Waals surface area contributed by atoms with E-state index in [2.05, 4.69) is 32.4 Å². The van der Waals surface area contributed by atoms with Gasteiger partial charge in [0, 0.05) is 24.8 Å². The van der Waals surface area contributed by atoms with E-state index in [4.69, 9.17) is 4.74 Å². The first kappa shape index (κ1) is 19.0. The Morgan fingerprint density at radius 2 is 2.14 bits per heavy atom. The monoisotopic (exact) mass is 399 g/mol. The minimum atomic E-state index is -0.395. The molecule has 5 rings (SSSR count). The number of ether oxygens (including phenoxy) is 1. The fourth-order valence-corrected chi connectivity index (χ4v) is 4.91. The van der Waals surface area contributed by atoms with Crippen LogP contribution in [-0.4, -0.2) is 67.5 Å². The molecule has 1 atom stereocenters. The van der Waals surface area contributed by atoms with Gasteiger partial charge in [-0.15, -0.1) is 0 Å².